The van der Waals surface area contributed by atoms with E-state index in [-0.39, 0.29) is 6.04 Å². The van der Waals surface area contributed by atoms with Crippen LogP contribution in [0.15, 0.2) is 48.6 Å². The van der Waals surface area contributed by atoms with E-state index < -0.39 is 0 Å². The Labute approximate surface area is 147 Å². The summed E-state index contributed by atoms with van der Waals surface area (Å²) in [6.45, 7) is 2.19. The van der Waals surface area contributed by atoms with Crippen LogP contribution in [0.25, 0.3) is 0 Å². The summed E-state index contributed by atoms with van der Waals surface area (Å²) >= 11 is 12.7. The van der Waals surface area contributed by atoms with Crippen molar-refractivity contribution >= 4 is 28.9 Å². The highest BCUT2D eigenvalue weighted by molar-refractivity contribution is 6.36. The van der Waals surface area contributed by atoms with Crippen LogP contribution in [-0.2, 0) is 6.42 Å². The fraction of sp³-hybridized carbons (Fsp3) is 0.300. The normalized spacial score (nSPS) is 24.9. The van der Waals surface area contributed by atoms with E-state index in [1.165, 1.54) is 16.7 Å². The highest BCUT2D eigenvalue weighted by Gasteiger charge is 2.38. The molecule has 0 unspecified atom stereocenters. The maximum absolute atomic E-state index is 6.47. The molecule has 0 radical (unpaired) electrons. The molecule has 1 N–H and O–H groups in total. The van der Waals surface area contributed by atoms with Crippen molar-refractivity contribution in [3.63, 3.8) is 0 Å². The highest BCUT2D eigenvalue weighted by atomic mass is 35.5. The van der Waals surface area contributed by atoms with E-state index in [0.29, 0.717) is 21.9 Å². The first-order chi connectivity index (χ1) is 11.2. The molecule has 2 aromatic rings. The molecule has 1 aliphatic heterocycles. The Hall–Kier alpha value is -1.44. The van der Waals surface area contributed by atoms with Crippen LogP contribution in [0.4, 0.5) is 5.69 Å². The topological polar surface area (TPSA) is 12.0 Å². The van der Waals surface area contributed by atoms with Crippen LogP contribution in [0.3, 0.4) is 0 Å². The zero-order chi connectivity index (χ0) is 16.0. The van der Waals surface area contributed by atoms with E-state index in [1.807, 2.05) is 6.07 Å². The third kappa shape index (κ3) is 2.56. The van der Waals surface area contributed by atoms with Gasteiger partial charge in [-0.15, -0.1) is 0 Å². The van der Waals surface area contributed by atoms with Gasteiger partial charge in [-0.2, -0.15) is 0 Å². The van der Waals surface area contributed by atoms with E-state index in [4.69, 9.17) is 23.2 Å². The molecule has 2 aliphatic rings. The van der Waals surface area contributed by atoms with Crippen molar-refractivity contribution in [3.05, 3.63) is 75.3 Å². The van der Waals surface area contributed by atoms with Gasteiger partial charge in [0.05, 0.1) is 16.8 Å². The van der Waals surface area contributed by atoms with Gasteiger partial charge in [-0.05, 0) is 47.6 Å². The Morgan fingerprint density at radius 1 is 1.13 bits per heavy atom. The second-order valence-electron chi connectivity index (χ2n) is 6.42. The van der Waals surface area contributed by atoms with E-state index in [2.05, 4.69) is 54.7 Å². The number of allylic oxidation sites excluding steroid dienone is 2. The molecule has 3 atom stereocenters. The SMILES string of the molecule is CCc1ccc([C@@H]2Nc3c(Cl)cc(Cl)cc3[C@@H]3C=CC[C@H]32)cc1. The third-order valence-electron chi connectivity index (χ3n) is 5.13. The number of nitrogens with one attached hydrogen (secondary N) is 1. The Morgan fingerprint density at radius 2 is 1.91 bits per heavy atom. The average molecular weight is 344 g/mol. The maximum Gasteiger partial charge on any atom is 0.0655 e. The number of aryl methyl sites for hydroxylation is 1. The van der Waals surface area contributed by atoms with Crippen molar-refractivity contribution < 1.29 is 0 Å². The first-order valence-corrected chi connectivity index (χ1v) is 8.94. The van der Waals surface area contributed by atoms with E-state index in [1.54, 1.807) is 0 Å². The highest BCUT2D eigenvalue weighted by Crippen LogP contribution is 2.52. The monoisotopic (exact) mass is 343 g/mol. The number of hydrogen-bond donors (Lipinski definition) is 1. The van der Waals surface area contributed by atoms with Gasteiger partial charge in [-0.25, -0.2) is 0 Å². The molecule has 3 heteroatoms. The van der Waals surface area contributed by atoms with Crippen LogP contribution in [0, 0.1) is 5.92 Å². The molecule has 0 fully saturated rings. The number of rotatable bonds is 2. The smallest absolute Gasteiger partial charge is 0.0655 e. The number of halogens is 2. The van der Waals surface area contributed by atoms with E-state index >= 15 is 0 Å². The maximum atomic E-state index is 6.47. The zero-order valence-corrected chi connectivity index (χ0v) is 14.5. The minimum atomic E-state index is 0.284. The Kier molecular flexibility index (Phi) is 3.87. The lowest BCUT2D eigenvalue weighted by atomic mass is 9.77. The van der Waals surface area contributed by atoms with Crippen molar-refractivity contribution in [1.29, 1.82) is 0 Å². The molecule has 0 spiro atoms. The van der Waals surface area contributed by atoms with Crippen molar-refractivity contribution in [3.8, 4) is 0 Å². The molecule has 4 rings (SSSR count). The van der Waals surface area contributed by atoms with Crippen LogP contribution in [0.5, 0.6) is 0 Å². The minimum Gasteiger partial charge on any atom is -0.376 e. The number of fused-ring (bicyclic) bond motifs is 3. The molecular weight excluding hydrogens is 325 g/mol. The van der Waals surface area contributed by atoms with Crippen LogP contribution in [0.1, 0.15) is 42.0 Å². The summed E-state index contributed by atoms with van der Waals surface area (Å²) in [5, 5.41) is 5.11. The average Bonchev–Trinajstić information content (AvgIpc) is 3.04. The van der Waals surface area contributed by atoms with Gasteiger partial charge in [0.2, 0.25) is 0 Å². The van der Waals surface area contributed by atoms with Crippen molar-refractivity contribution in [2.45, 2.75) is 31.7 Å². The van der Waals surface area contributed by atoms with Gasteiger partial charge in [0.1, 0.15) is 0 Å². The summed E-state index contributed by atoms with van der Waals surface area (Å²) in [5.74, 6) is 0.905. The Balaban J connectivity index is 1.78. The zero-order valence-electron chi connectivity index (χ0n) is 13.0. The molecule has 118 valence electrons. The van der Waals surface area contributed by atoms with Gasteiger partial charge in [-0.1, -0.05) is 66.5 Å². The summed E-state index contributed by atoms with van der Waals surface area (Å²) < 4.78 is 0. The first-order valence-electron chi connectivity index (χ1n) is 8.18. The second-order valence-corrected chi connectivity index (χ2v) is 7.27. The van der Waals surface area contributed by atoms with Crippen LogP contribution >= 0.6 is 23.2 Å². The van der Waals surface area contributed by atoms with Crippen molar-refractivity contribution in [2.75, 3.05) is 5.32 Å². The van der Waals surface area contributed by atoms with Crippen LogP contribution < -0.4 is 5.32 Å². The molecular formula is C20H19Cl2N. The Morgan fingerprint density at radius 3 is 2.65 bits per heavy atom. The predicted octanol–water partition coefficient (Wildman–Crippen LogP) is 6.38. The number of anilines is 1. The molecule has 1 aliphatic carbocycles. The predicted molar refractivity (Wildman–Crippen MR) is 98.6 cm³/mol. The quantitative estimate of drug-likeness (QED) is 0.623. The third-order valence-corrected chi connectivity index (χ3v) is 5.65. The molecule has 0 aromatic heterocycles. The lowest BCUT2D eigenvalue weighted by molar-refractivity contribution is 0.425. The largest absolute Gasteiger partial charge is 0.376 e. The second kappa shape index (κ2) is 5.89. The molecule has 0 bridgehead atoms. The fourth-order valence-electron chi connectivity index (χ4n) is 3.91. The lowest BCUT2D eigenvalue weighted by Gasteiger charge is -2.38. The standard InChI is InChI=1S/C20H19Cl2N/c1-2-12-6-8-13(9-7-12)19-16-5-3-4-15(16)17-10-14(21)11-18(22)20(17)23-19/h3-4,6-11,15-16,19,23H,2,5H2,1H3/t15-,16-,19+/m1/s1. The van der Waals surface area contributed by atoms with Crippen molar-refractivity contribution in [2.24, 2.45) is 5.92 Å². The molecule has 0 saturated carbocycles. The van der Waals surface area contributed by atoms with Gasteiger partial charge < -0.3 is 5.32 Å². The summed E-state index contributed by atoms with van der Waals surface area (Å²) in [6.07, 6.45) is 6.75. The molecule has 23 heavy (non-hydrogen) atoms. The Bertz CT molecular complexity index is 764. The van der Waals surface area contributed by atoms with Crippen LogP contribution in [-0.4, -0.2) is 0 Å². The summed E-state index contributed by atoms with van der Waals surface area (Å²) in [7, 11) is 0. The fourth-order valence-corrected chi connectivity index (χ4v) is 4.48. The van der Waals surface area contributed by atoms with Gasteiger partial charge >= 0.3 is 0 Å². The number of benzene rings is 2. The first kappa shape index (κ1) is 15.1. The van der Waals surface area contributed by atoms with Gasteiger partial charge in [-0.3, -0.25) is 0 Å². The summed E-state index contributed by atoms with van der Waals surface area (Å²) in [6, 6.07) is 13.1. The number of hydrogen-bond acceptors (Lipinski definition) is 1. The van der Waals surface area contributed by atoms with E-state index in [9.17, 15) is 0 Å². The van der Waals surface area contributed by atoms with Gasteiger partial charge in [0.25, 0.3) is 0 Å². The van der Waals surface area contributed by atoms with E-state index in [0.717, 1.165) is 18.5 Å². The molecule has 0 amide bonds. The summed E-state index contributed by atoms with van der Waals surface area (Å²) in [4.78, 5) is 0. The molecule has 2 aromatic carbocycles. The molecule has 1 nitrogen and oxygen atoms in total. The summed E-state index contributed by atoms with van der Waals surface area (Å²) in [5.41, 5.74) is 4.96. The van der Waals surface area contributed by atoms with Gasteiger partial charge in [0, 0.05) is 10.9 Å². The van der Waals surface area contributed by atoms with Gasteiger partial charge in [0.15, 0.2) is 0 Å². The van der Waals surface area contributed by atoms with Crippen LogP contribution in [0.2, 0.25) is 10.0 Å². The molecule has 0 saturated heterocycles. The molecule has 1 heterocycles. The lowest BCUT2D eigenvalue weighted by Crippen LogP contribution is -2.29. The van der Waals surface area contributed by atoms with Crippen molar-refractivity contribution in [1.82, 2.24) is 0 Å². The minimum absolute atomic E-state index is 0.284.